The lowest BCUT2D eigenvalue weighted by Crippen LogP contribution is -2.51. The number of aryl methyl sites for hydroxylation is 1. The van der Waals surface area contributed by atoms with Gasteiger partial charge in [-0.25, -0.2) is 13.1 Å². The maximum absolute atomic E-state index is 12.6. The van der Waals surface area contributed by atoms with Gasteiger partial charge in [0.2, 0.25) is 15.9 Å². The van der Waals surface area contributed by atoms with Crippen LogP contribution in [0.25, 0.3) is 0 Å². The molecule has 7 nitrogen and oxygen atoms in total. The first-order chi connectivity index (χ1) is 11.6. The third-order valence-corrected chi connectivity index (χ3v) is 6.76. The van der Waals surface area contributed by atoms with Gasteiger partial charge in [-0.2, -0.15) is 5.10 Å². The van der Waals surface area contributed by atoms with Crippen molar-refractivity contribution in [2.45, 2.75) is 58.5 Å². The zero-order valence-electron chi connectivity index (χ0n) is 15.8. The number of hydrogen-bond donors (Lipinski definition) is 1. The van der Waals surface area contributed by atoms with Crippen molar-refractivity contribution in [3.8, 4) is 0 Å². The molecule has 0 saturated carbocycles. The predicted octanol–water partition coefficient (Wildman–Crippen LogP) is 1.83. The van der Waals surface area contributed by atoms with Crippen LogP contribution in [0.2, 0.25) is 0 Å². The molecular formula is C17H30N4O3S. The summed E-state index contributed by atoms with van der Waals surface area (Å²) >= 11 is 0. The lowest BCUT2D eigenvalue weighted by molar-refractivity contribution is -0.135. The number of likely N-dealkylation sites (tertiary alicyclic amines) is 1. The van der Waals surface area contributed by atoms with E-state index in [2.05, 4.69) is 30.6 Å². The second kappa shape index (κ2) is 7.45. The summed E-state index contributed by atoms with van der Waals surface area (Å²) in [6.45, 7) is 6.22. The van der Waals surface area contributed by atoms with Gasteiger partial charge in [0.15, 0.2) is 0 Å². The summed E-state index contributed by atoms with van der Waals surface area (Å²) in [5.74, 6) is 0.119. The number of nitrogens with zero attached hydrogens (tertiary/aromatic N) is 3. The van der Waals surface area contributed by atoms with Gasteiger partial charge in [0.1, 0.15) is 0 Å². The molecule has 1 saturated heterocycles. The number of aromatic nitrogens is 2. The molecule has 2 rings (SSSR count). The van der Waals surface area contributed by atoms with Crippen molar-refractivity contribution in [1.29, 1.82) is 0 Å². The van der Waals surface area contributed by atoms with Gasteiger partial charge in [-0.05, 0) is 24.3 Å². The second-order valence-corrected chi connectivity index (χ2v) is 9.55. The number of piperidine rings is 1. The molecule has 1 amide bonds. The summed E-state index contributed by atoms with van der Waals surface area (Å²) < 4.78 is 29.8. The summed E-state index contributed by atoms with van der Waals surface area (Å²) in [5.41, 5.74) is 0.826. The summed E-state index contributed by atoms with van der Waals surface area (Å²) in [5, 5.41) is 4.16. The Balaban J connectivity index is 2.18. The molecule has 0 unspecified atom stereocenters. The highest BCUT2D eigenvalue weighted by atomic mass is 32.2. The zero-order valence-corrected chi connectivity index (χ0v) is 16.6. The second-order valence-electron chi connectivity index (χ2n) is 7.68. The number of nitrogens with one attached hydrogen (secondary N) is 1. The number of carbonyl (C=O) groups excluding carboxylic acids is 1. The van der Waals surface area contributed by atoms with E-state index in [1.54, 1.807) is 29.9 Å². The first-order valence-electron chi connectivity index (χ1n) is 8.80. The number of sulfonamides is 1. The van der Waals surface area contributed by atoms with Crippen molar-refractivity contribution in [3.63, 3.8) is 0 Å². The molecule has 1 aromatic rings. The van der Waals surface area contributed by atoms with Gasteiger partial charge < -0.3 is 4.90 Å². The summed E-state index contributed by atoms with van der Waals surface area (Å²) in [7, 11) is 0.106. The fraction of sp³-hybridized carbons (Fsp3) is 0.765. The molecule has 0 spiro atoms. The largest absolute Gasteiger partial charge is 0.336 e. The molecule has 1 aliphatic rings. The van der Waals surface area contributed by atoms with Gasteiger partial charge in [-0.15, -0.1) is 0 Å². The summed E-state index contributed by atoms with van der Waals surface area (Å²) in [6.07, 6.45) is 4.04. The van der Waals surface area contributed by atoms with E-state index in [1.165, 1.54) is 0 Å². The quantitative estimate of drug-likeness (QED) is 0.793. The lowest BCUT2D eigenvalue weighted by atomic mass is 9.87. The normalized spacial score (nSPS) is 22.4. The molecule has 0 radical (unpaired) electrons. The van der Waals surface area contributed by atoms with E-state index in [9.17, 15) is 13.2 Å². The Kier molecular flexibility index (Phi) is 5.93. The predicted molar refractivity (Wildman–Crippen MR) is 97.4 cm³/mol. The number of amides is 1. The highest BCUT2D eigenvalue weighted by molar-refractivity contribution is 7.89. The van der Waals surface area contributed by atoms with E-state index in [-0.39, 0.29) is 29.2 Å². The van der Waals surface area contributed by atoms with Crippen LogP contribution >= 0.6 is 0 Å². The number of hydrogen-bond acceptors (Lipinski definition) is 4. The van der Waals surface area contributed by atoms with Crippen LogP contribution in [-0.2, 0) is 21.9 Å². The Bertz CT molecular complexity index is 711. The Hall–Kier alpha value is -1.41. The van der Waals surface area contributed by atoms with Crippen molar-refractivity contribution in [2.24, 2.45) is 12.5 Å². The van der Waals surface area contributed by atoms with Crippen molar-refractivity contribution < 1.29 is 13.2 Å². The molecule has 25 heavy (non-hydrogen) atoms. The summed E-state index contributed by atoms with van der Waals surface area (Å²) in [4.78, 5) is 13.8. The molecule has 1 N–H and O–H groups in total. The topological polar surface area (TPSA) is 84.3 Å². The monoisotopic (exact) mass is 370 g/mol. The van der Waals surface area contributed by atoms with E-state index in [1.807, 2.05) is 6.07 Å². The number of rotatable bonds is 7. The van der Waals surface area contributed by atoms with Gasteiger partial charge >= 0.3 is 0 Å². The third kappa shape index (κ3) is 4.82. The van der Waals surface area contributed by atoms with Crippen LogP contribution in [0.5, 0.6) is 0 Å². The summed E-state index contributed by atoms with van der Waals surface area (Å²) in [6, 6.07) is 1.15. The Labute approximate surface area is 150 Å². The van der Waals surface area contributed by atoms with Gasteiger partial charge in [0.25, 0.3) is 0 Å². The Morgan fingerprint density at radius 2 is 2.04 bits per heavy atom. The van der Waals surface area contributed by atoms with Crippen LogP contribution in [0.4, 0.5) is 0 Å². The molecule has 142 valence electrons. The first-order valence-corrected chi connectivity index (χ1v) is 10.4. The molecular weight excluding hydrogens is 340 g/mol. The number of likely N-dealkylation sites (N-methyl/N-ethyl adjacent to an activating group) is 1. The van der Waals surface area contributed by atoms with Crippen molar-refractivity contribution >= 4 is 15.9 Å². The molecule has 1 aliphatic heterocycles. The highest BCUT2D eigenvalue weighted by Crippen LogP contribution is 2.31. The maximum Gasteiger partial charge on any atom is 0.222 e. The molecule has 2 atom stereocenters. The van der Waals surface area contributed by atoms with Crippen molar-refractivity contribution in [2.75, 3.05) is 12.8 Å². The van der Waals surface area contributed by atoms with E-state index in [0.717, 1.165) is 12.1 Å². The average molecular weight is 371 g/mol. The molecule has 0 bridgehead atoms. The minimum absolute atomic E-state index is 0.00445. The molecule has 0 aromatic carbocycles. The molecule has 1 fully saturated rings. The average Bonchev–Trinajstić information content (AvgIpc) is 2.95. The van der Waals surface area contributed by atoms with Crippen molar-refractivity contribution in [3.05, 3.63) is 18.0 Å². The van der Waals surface area contributed by atoms with Crippen LogP contribution in [0.1, 0.15) is 58.2 Å². The van der Waals surface area contributed by atoms with E-state index >= 15 is 0 Å². The van der Waals surface area contributed by atoms with Crippen LogP contribution in [0, 0.1) is 5.41 Å². The minimum atomic E-state index is -3.42. The van der Waals surface area contributed by atoms with E-state index in [0.29, 0.717) is 19.3 Å². The van der Waals surface area contributed by atoms with Gasteiger partial charge in [0.05, 0.1) is 17.5 Å². The smallest absolute Gasteiger partial charge is 0.222 e. The van der Waals surface area contributed by atoms with Crippen LogP contribution in [0.3, 0.4) is 0 Å². The maximum atomic E-state index is 12.6. The molecule has 8 heteroatoms. The van der Waals surface area contributed by atoms with Crippen LogP contribution in [-0.4, -0.2) is 47.8 Å². The third-order valence-electron chi connectivity index (χ3n) is 5.36. The lowest BCUT2D eigenvalue weighted by Gasteiger charge is -2.39. The van der Waals surface area contributed by atoms with Gasteiger partial charge in [-0.1, -0.05) is 27.2 Å². The van der Waals surface area contributed by atoms with Gasteiger partial charge in [-0.3, -0.25) is 9.48 Å². The van der Waals surface area contributed by atoms with E-state index < -0.39 is 10.0 Å². The minimum Gasteiger partial charge on any atom is -0.336 e. The molecule has 2 heterocycles. The molecule has 1 aromatic heterocycles. The van der Waals surface area contributed by atoms with Crippen molar-refractivity contribution in [1.82, 2.24) is 19.4 Å². The van der Waals surface area contributed by atoms with Crippen LogP contribution < -0.4 is 4.72 Å². The molecule has 0 aliphatic carbocycles. The number of carbonyl (C=O) groups is 1. The van der Waals surface area contributed by atoms with Crippen LogP contribution in [0.15, 0.2) is 12.3 Å². The highest BCUT2D eigenvalue weighted by Gasteiger charge is 2.38. The SMILES string of the molecule is CCC(C)(C)CCS(=O)(=O)N[C@@H]1CCC(=O)N(C)[C@H]1c1ccnn1C. The fourth-order valence-electron chi connectivity index (χ4n) is 3.12. The fourth-order valence-corrected chi connectivity index (χ4v) is 4.76. The first kappa shape index (κ1) is 19.9. The van der Waals surface area contributed by atoms with E-state index in [4.69, 9.17) is 0 Å². The zero-order chi connectivity index (χ0) is 18.8. The Morgan fingerprint density at radius 1 is 1.36 bits per heavy atom. The Morgan fingerprint density at radius 3 is 2.60 bits per heavy atom. The van der Waals surface area contributed by atoms with Gasteiger partial charge in [0, 0.05) is 32.8 Å². The standard InChI is InChI=1S/C17H30N4O3S/c1-6-17(2,3)10-12-25(23,24)19-13-7-8-15(22)20(4)16(13)14-9-11-18-21(14)5/h9,11,13,16,19H,6-8,10,12H2,1-5H3/t13-,16-/m1/s1.